The third kappa shape index (κ3) is 6.91. The van der Waals surface area contributed by atoms with Gasteiger partial charge in [-0.05, 0) is 18.1 Å². The van der Waals surface area contributed by atoms with Crippen molar-refractivity contribution in [2.24, 2.45) is 0 Å². The van der Waals surface area contributed by atoms with Gasteiger partial charge >= 0.3 is 0 Å². The van der Waals surface area contributed by atoms with Crippen LogP contribution >= 0.6 is 0 Å². The minimum absolute atomic E-state index is 0.249. The first-order valence-electron chi connectivity index (χ1n) is 10.4. The van der Waals surface area contributed by atoms with Crippen molar-refractivity contribution in [3.8, 4) is 0 Å². The molecule has 0 unspecified atom stereocenters. The van der Waals surface area contributed by atoms with Crippen LogP contribution in [-0.4, -0.2) is 80.3 Å². The van der Waals surface area contributed by atoms with E-state index in [9.17, 15) is 4.79 Å². The molecule has 1 aliphatic heterocycles. The molecular weight excluding hydrogens is 384 g/mol. The smallest absolute Gasteiger partial charge is 0.273 e. The van der Waals surface area contributed by atoms with E-state index < -0.39 is 0 Å². The van der Waals surface area contributed by atoms with Crippen LogP contribution in [0.4, 0.5) is 0 Å². The average Bonchev–Trinajstić information content (AvgIpc) is 3.23. The van der Waals surface area contributed by atoms with Crippen molar-refractivity contribution >= 4 is 5.91 Å². The number of aryl methyl sites for hydroxylation is 1. The van der Waals surface area contributed by atoms with Crippen LogP contribution in [0.1, 0.15) is 27.5 Å². The number of nitrogens with one attached hydrogen (secondary N) is 1. The molecule has 1 N–H and O–H groups in total. The van der Waals surface area contributed by atoms with E-state index in [0.29, 0.717) is 31.3 Å². The molecule has 1 aromatic heterocycles. The summed E-state index contributed by atoms with van der Waals surface area (Å²) >= 11 is 0. The Hall–Kier alpha value is -2.26. The zero-order chi connectivity index (χ0) is 21.2. The first-order chi connectivity index (χ1) is 14.7. The summed E-state index contributed by atoms with van der Waals surface area (Å²) in [5, 5.41) is 2.76. The van der Waals surface area contributed by atoms with Gasteiger partial charge in [-0.3, -0.25) is 14.6 Å². The molecule has 1 saturated heterocycles. The number of hydrogen-bond donors (Lipinski definition) is 1. The standard InChI is InChI=1S/C22H32N4O4/c1-18-5-3-4-6-19(18)15-26(9-8-25-10-13-29-14-11-25)16-21-24-20(17-30-21)22(27)23-7-12-28-2/h3-6,17H,7-16H2,1-2H3,(H,23,27). The minimum atomic E-state index is -0.249. The molecule has 0 bridgehead atoms. The van der Waals surface area contributed by atoms with Crippen LogP contribution in [0.15, 0.2) is 34.9 Å². The highest BCUT2D eigenvalue weighted by molar-refractivity contribution is 5.91. The van der Waals surface area contributed by atoms with Crippen LogP contribution in [0, 0.1) is 6.92 Å². The Morgan fingerprint density at radius 2 is 2.07 bits per heavy atom. The summed E-state index contributed by atoms with van der Waals surface area (Å²) in [6.07, 6.45) is 1.42. The number of morpholine rings is 1. The van der Waals surface area contributed by atoms with E-state index in [1.165, 1.54) is 17.4 Å². The maximum absolute atomic E-state index is 12.2. The summed E-state index contributed by atoms with van der Waals surface area (Å²) < 4.78 is 16.0. The third-order valence-corrected chi connectivity index (χ3v) is 5.23. The zero-order valence-electron chi connectivity index (χ0n) is 17.9. The van der Waals surface area contributed by atoms with Gasteiger partial charge < -0.3 is 19.2 Å². The Morgan fingerprint density at radius 1 is 1.27 bits per heavy atom. The van der Waals surface area contributed by atoms with Gasteiger partial charge in [-0.15, -0.1) is 0 Å². The quantitative estimate of drug-likeness (QED) is 0.559. The lowest BCUT2D eigenvalue weighted by Crippen LogP contribution is -2.41. The third-order valence-electron chi connectivity index (χ3n) is 5.23. The largest absolute Gasteiger partial charge is 0.447 e. The number of aromatic nitrogens is 1. The maximum Gasteiger partial charge on any atom is 0.273 e. The first-order valence-corrected chi connectivity index (χ1v) is 10.4. The predicted molar refractivity (Wildman–Crippen MR) is 113 cm³/mol. The molecule has 1 aromatic carbocycles. The first kappa shape index (κ1) is 22.4. The molecule has 2 heterocycles. The van der Waals surface area contributed by atoms with Crippen LogP contribution < -0.4 is 5.32 Å². The number of nitrogens with zero attached hydrogens (tertiary/aromatic N) is 3. The van der Waals surface area contributed by atoms with Gasteiger partial charge in [0.1, 0.15) is 6.26 Å². The van der Waals surface area contributed by atoms with Crippen molar-refractivity contribution in [2.45, 2.75) is 20.0 Å². The SMILES string of the molecule is COCCNC(=O)c1coc(CN(CCN2CCOCC2)Cc2ccccc2C)n1. The molecule has 2 aromatic rings. The Balaban J connectivity index is 1.62. The van der Waals surface area contributed by atoms with Crippen LogP contribution in [-0.2, 0) is 22.6 Å². The molecule has 30 heavy (non-hydrogen) atoms. The van der Waals surface area contributed by atoms with E-state index in [1.54, 1.807) is 7.11 Å². The van der Waals surface area contributed by atoms with Gasteiger partial charge in [0.15, 0.2) is 5.69 Å². The van der Waals surface area contributed by atoms with Crippen LogP contribution in [0.5, 0.6) is 0 Å². The summed E-state index contributed by atoms with van der Waals surface area (Å²) in [4.78, 5) is 21.3. The van der Waals surface area contributed by atoms with Crippen LogP contribution in [0.2, 0.25) is 0 Å². The highest BCUT2D eigenvalue weighted by Crippen LogP contribution is 2.14. The molecule has 1 aliphatic rings. The summed E-state index contributed by atoms with van der Waals surface area (Å²) in [5.41, 5.74) is 2.84. The molecule has 164 valence electrons. The van der Waals surface area contributed by atoms with Crippen molar-refractivity contribution in [1.29, 1.82) is 0 Å². The van der Waals surface area contributed by atoms with Crippen molar-refractivity contribution in [3.05, 3.63) is 53.2 Å². The summed E-state index contributed by atoms with van der Waals surface area (Å²) in [6.45, 7) is 9.72. The van der Waals surface area contributed by atoms with E-state index in [4.69, 9.17) is 13.9 Å². The lowest BCUT2D eigenvalue weighted by atomic mass is 10.1. The van der Waals surface area contributed by atoms with Crippen molar-refractivity contribution in [3.63, 3.8) is 0 Å². The second-order valence-corrected chi connectivity index (χ2v) is 7.47. The number of hydrogen-bond acceptors (Lipinski definition) is 7. The van der Waals surface area contributed by atoms with E-state index in [0.717, 1.165) is 45.9 Å². The number of methoxy groups -OCH3 is 1. The second kappa shape index (κ2) is 11.8. The topological polar surface area (TPSA) is 80.1 Å². The van der Waals surface area contributed by atoms with E-state index >= 15 is 0 Å². The van der Waals surface area contributed by atoms with Gasteiger partial charge in [0.05, 0.1) is 26.4 Å². The molecule has 1 fully saturated rings. The number of oxazole rings is 1. The van der Waals surface area contributed by atoms with Crippen molar-refractivity contribution < 1.29 is 18.7 Å². The van der Waals surface area contributed by atoms with Crippen LogP contribution in [0.3, 0.4) is 0 Å². The Morgan fingerprint density at radius 3 is 2.83 bits per heavy atom. The molecule has 8 heteroatoms. The van der Waals surface area contributed by atoms with Gasteiger partial charge in [-0.25, -0.2) is 4.98 Å². The van der Waals surface area contributed by atoms with Gasteiger partial charge in [-0.1, -0.05) is 24.3 Å². The number of amides is 1. The fraction of sp³-hybridized carbons (Fsp3) is 0.545. The number of carbonyl (C=O) groups is 1. The molecule has 0 spiro atoms. The van der Waals surface area contributed by atoms with Gasteiger partial charge in [0.2, 0.25) is 5.89 Å². The molecule has 1 amide bonds. The molecule has 0 atom stereocenters. The Kier molecular flexibility index (Phi) is 8.82. The van der Waals surface area contributed by atoms with E-state index in [1.807, 2.05) is 0 Å². The lowest BCUT2D eigenvalue weighted by Gasteiger charge is -2.29. The summed E-state index contributed by atoms with van der Waals surface area (Å²) in [7, 11) is 1.60. The highest BCUT2D eigenvalue weighted by Gasteiger charge is 2.17. The van der Waals surface area contributed by atoms with Gasteiger partial charge in [-0.2, -0.15) is 0 Å². The second-order valence-electron chi connectivity index (χ2n) is 7.47. The molecule has 3 rings (SSSR count). The monoisotopic (exact) mass is 416 g/mol. The van der Waals surface area contributed by atoms with Crippen molar-refractivity contribution in [1.82, 2.24) is 20.1 Å². The lowest BCUT2D eigenvalue weighted by molar-refractivity contribution is 0.0320. The van der Waals surface area contributed by atoms with Gasteiger partial charge in [0.25, 0.3) is 5.91 Å². The summed E-state index contributed by atoms with van der Waals surface area (Å²) in [5.74, 6) is 0.295. The Labute approximate surface area is 178 Å². The fourth-order valence-corrected chi connectivity index (χ4v) is 3.39. The molecule has 0 radical (unpaired) electrons. The molecular formula is C22H32N4O4. The molecule has 8 nitrogen and oxygen atoms in total. The number of ether oxygens (including phenoxy) is 2. The number of benzene rings is 1. The normalized spacial score (nSPS) is 14.9. The van der Waals surface area contributed by atoms with Crippen LogP contribution in [0.25, 0.3) is 0 Å². The zero-order valence-corrected chi connectivity index (χ0v) is 17.9. The van der Waals surface area contributed by atoms with Crippen molar-refractivity contribution in [2.75, 3.05) is 59.7 Å². The highest BCUT2D eigenvalue weighted by atomic mass is 16.5. The maximum atomic E-state index is 12.2. The number of rotatable bonds is 11. The van der Waals surface area contributed by atoms with E-state index in [-0.39, 0.29) is 5.91 Å². The predicted octanol–water partition coefficient (Wildman–Crippen LogP) is 1.69. The average molecular weight is 417 g/mol. The van der Waals surface area contributed by atoms with E-state index in [2.05, 4.69) is 51.3 Å². The minimum Gasteiger partial charge on any atom is -0.447 e. The fourth-order valence-electron chi connectivity index (χ4n) is 3.39. The Bertz CT molecular complexity index is 789. The summed E-state index contributed by atoms with van der Waals surface area (Å²) in [6, 6.07) is 8.40. The molecule has 0 aliphatic carbocycles. The molecule has 0 saturated carbocycles. The number of carbonyl (C=O) groups excluding carboxylic acids is 1. The van der Waals surface area contributed by atoms with Gasteiger partial charge in [0, 0.05) is 46.4 Å².